The number of nitrogens with one attached hydrogen (secondary N) is 2. The molecule has 0 saturated heterocycles. The van der Waals surface area contributed by atoms with Gasteiger partial charge in [0.1, 0.15) is 5.82 Å². The molecule has 0 atom stereocenters. The number of anilines is 2. The van der Waals surface area contributed by atoms with Gasteiger partial charge < -0.3 is 15.4 Å². The van der Waals surface area contributed by atoms with E-state index in [0.29, 0.717) is 30.1 Å². The monoisotopic (exact) mass is 330 g/mol. The molecule has 0 spiro atoms. The van der Waals surface area contributed by atoms with Crippen LogP contribution in [0.3, 0.4) is 0 Å². The van der Waals surface area contributed by atoms with Crippen LogP contribution < -0.4 is 10.6 Å². The molecule has 0 aliphatic carbocycles. The Morgan fingerprint density at radius 2 is 1.92 bits per heavy atom. The molecule has 0 radical (unpaired) electrons. The molecule has 0 aliphatic rings. The summed E-state index contributed by atoms with van der Waals surface area (Å²) < 4.78 is 18.1. The molecule has 126 valence electrons. The molecule has 2 rings (SSSR count). The van der Waals surface area contributed by atoms with Crippen molar-refractivity contribution in [3.8, 4) is 0 Å². The van der Waals surface area contributed by atoms with E-state index in [1.165, 1.54) is 18.2 Å². The van der Waals surface area contributed by atoms with Gasteiger partial charge in [0.25, 0.3) is 0 Å². The van der Waals surface area contributed by atoms with Crippen LogP contribution in [-0.2, 0) is 9.53 Å². The Morgan fingerprint density at radius 1 is 1.12 bits per heavy atom. The summed E-state index contributed by atoms with van der Waals surface area (Å²) >= 11 is 0. The van der Waals surface area contributed by atoms with Crippen LogP contribution in [0, 0.1) is 5.82 Å². The van der Waals surface area contributed by atoms with Crippen LogP contribution in [-0.4, -0.2) is 25.0 Å². The van der Waals surface area contributed by atoms with Crippen LogP contribution in [0.25, 0.3) is 0 Å². The third kappa shape index (κ3) is 5.08. The maximum absolute atomic E-state index is 13.1. The zero-order chi connectivity index (χ0) is 17.4. The quantitative estimate of drug-likeness (QED) is 0.763. The molecule has 0 fully saturated rings. The maximum atomic E-state index is 13.1. The predicted molar refractivity (Wildman–Crippen MR) is 90.5 cm³/mol. The van der Waals surface area contributed by atoms with E-state index in [9.17, 15) is 14.0 Å². The first-order valence-electron chi connectivity index (χ1n) is 7.65. The van der Waals surface area contributed by atoms with Crippen molar-refractivity contribution in [1.29, 1.82) is 0 Å². The van der Waals surface area contributed by atoms with Crippen LogP contribution in [0.2, 0.25) is 0 Å². The van der Waals surface area contributed by atoms with Gasteiger partial charge in [-0.05, 0) is 37.3 Å². The van der Waals surface area contributed by atoms with E-state index in [2.05, 4.69) is 10.6 Å². The Balaban J connectivity index is 1.88. The second-order valence-corrected chi connectivity index (χ2v) is 5.00. The van der Waals surface area contributed by atoms with Crippen LogP contribution in [0.5, 0.6) is 0 Å². The summed E-state index contributed by atoms with van der Waals surface area (Å²) in [5, 5.41) is 5.66. The smallest absolute Gasteiger partial charge is 0.340 e. The second kappa shape index (κ2) is 8.67. The summed E-state index contributed by atoms with van der Waals surface area (Å²) in [6, 6.07) is 12.6. The van der Waals surface area contributed by atoms with E-state index < -0.39 is 11.8 Å². The number of benzene rings is 2. The number of rotatable bonds is 7. The number of amides is 1. The summed E-state index contributed by atoms with van der Waals surface area (Å²) in [5.74, 6) is -1.07. The maximum Gasteiger partial charge on any atom is 0.340 e. The molecule has 5 nitrogen and oxygen atoms in total. The molecule has 0 aliphatic heterocycles. The molecule has 0 saturated carbocycles. The molecular weight excluding hydrogens is 311 g/mol. The van der Waals surface area contributed by atoms with E-state index in [-0.39, 0.29) is 12.3 Å². The summed E-state index contributed by atoms with van der Waals surface area (Å²) in [6.07, 6.45) is 0.174. The van der Waals surface area contributed by atoms with E-state index in [1.807, 2.05) is 0 Å². The third-order valence-corrected chi connectivity index (χ3v) is 3.20. The summed E-state index contributed by atoms with van der Waals surface area (Å²) in [5.41, 5.74) is 1.44. The van der Waals surface area contributed by atoms with Crippen molar-refractivity contribution in [2.24, 2.45) is 0 Å². The number of carbonyl (C=O) groups excluding carboxylic acids is 2. The molecule has 2 aromatic rings. The summed E-state index contributed by atoms with van der Waals surface area (Å²) in [4.78, 5) is 23.7. The van der Waals surface area contributed by atoms with Gasteiger partial charge in [0, 0.05) is 24.3 Å². The second-order valence-electron chi connectivity index (χ2n) is 5.00. The van der Waals surface area contributed by atoms with Gasteiger partial charge in [0.2, 0.25) is 5.91 Å². The molecule has 2 aromatic carbocycles. The van der Waals surface area contributed by atoms with Gasteiger partial charge >= 0.3 is 5.97 Å². The number of carbonyl (C=O) groups is 2. The molecule has 6 heteroatoms. The van der Waals surface area contributed by atoms with E-state index in [1.54, 1.807) is 37.3 Å². The molecule has 0 unspecified atom stereocenters. The molecule has 0 aromatic heterocycles. The number of para-hydroxylation sites is 1. The molecule has 24 heavy (non-hydrogen) atoms. The van der Waals surface area contributed by atoms with E-state index >= 15 is 0 Å². The van der Waals surface area contributed by atoms with Crippen LogP contribution in [0.4, 0.5) is 15.8 Å². The van der Waals surface area contributed by atoms with Crippen molar-refractivity contribution in [3.63, 3.8) is 0 Å². The topological polar surface area (TPSA) is 67.4 Å². The highest BCUT2D eigenvalue weighted by Crippen LogP contribution is 2.16. The van der Waals surface area contributed by atoms with Gasteiger partial charge in [-0.25, -0.2) is 9.18 Å². The Morgan fingerprint density at radius 3 is 2.67 bits per heavy atom. The summed E-state index contributed by atoms with van der Waals surface area (Å²) in [6.45, 7) is 2.37. The van der Waals surface area contributed by atoms with E-state index in [0.717, 1.165) is 0 Å². The lowest BCUT2D eigenvalue weighted by molar-refractivity contribution is -0.115. The lowest BCUT2D eigenvalue weighted by atomic mass is 10.1. The summed E-state index contributed by atoms with van der Waals surface area (Å²) in [7, 11) is 0. The first-order valence-corrected chi connectivity index (χ1v) is 7.65. The number of hydrogen-bond donors (Lipinski definition) is 2. The Labute approximate surface area is 139 Å². The van der Waals surface area contributed by atoms with Crippen molar-refractivity contribution >= 4 is 23.3 Å². The molecule has 1 amide bonds. The third-order valence-electron chi connectivity index (χ3n) is 3.20. The van der Waals surface area contributed by atoms with Gasteiger partial charge in [0.15, 0.2) is 0 Å². The normalized spacial score (nSPS) is 10.1. The Kier molecular flexibility index (Phi) is 6.31. The van der Waals surface area contributed by atoms with Crippen LogP contribution in [0.1, 0.15) is 23.7 Å². The zero-order valence-corrected chi connectivity index (χ0v) is 13.3. The minimum atomic E-state index is -0.412. The van der Waals surface area contributed by atoms with Crippen molar-refractivity contribution in [1.82, 2.24) is 0 Å². The first-order chi connectivity index (χ1) is 11.6. The van der Waals surface area contributed by atoms with Crippen molar-refractivity contribution in [2.45, 2.75) is 13.3 Å². The SMILES string of the molecule is CCOC(=O)c1ccccc1NCCC(=O)Nc1cccc(F)c1. The fourth-order valence-corrected chi connectivity index (χ4v) is 2.12. The van der Waals surface area contributed by atoms with Crippen molar-refractivity contribution in [2.75, 3.05) is 23.8 Å². The van der Waals surface area contributed by atoms with Crippen molar-refractivity contribution < 1.29 is 18.7 Å². The Bertz CT molecular complexity index is 719. The zero-order valence-electron chi connectivity index (χ0n) is 13.3. The Hall–Kier alpha value is -2.89. The average Bonchev–Trinajstić information content (AvgIpc) is 2.55. The first kappa shape index (κ1) is 17.5. The molecule has 0 bridgehead atoms. The average molecular weight is 330 g/mol. The number of esters is 1. The van der Waals surface area contributed by atoms with Crippen molar-refractivity contribution in [3.05, 3.63) is 59.9 Å². The molecular formula is C18H19FN2O3. The fraction of sp³-hybridized carbons (Fsp3) is 0.222. The van der Waals surface area contributed by atoms with Gasteiger partial charge in [0.05, 0.1) is 12.2 Å². The van der Waals surface area contributed by atoms with Gasteiger partial charge in [-0.1, -0.05) is 18.2 Å². The van der Waals surface area contributed by atoms with Crippen LogP contribution in [0.15, 0.2) is 48.5 Å². The highest BCUT2D eigenvalue weighted by Gasteiger charge is 2.11. The highest BCUT2D eigenvalue weighted by atomic mass is 19.1. The predicted octanol–water partition coefficient (Wildman–Crippen LogP) is 3.44. The minimum Gasteiger partial charge on any atom is -0.462 e. The highest BCUT2D eigenvalue weighted by molar-refractivity contribution is 5.96. The van der Waals surface area contributed by atoms with Crippen LogP contribution >= 0.6 is 0 Å². The minimum absolute atomic E-state index is 0.174. The van der Waals surface area contributed by atoms with E-state index in [4.69, 9.17) is 4.74 Å². The van der Waals surface area contributed by atoms with Gasteiger partial charge in [-0.15, -0.1) is 0 Å². The lowest BCUT2D eigenvalue weighted by Crippen LogP contribution is -2.17. The number of ether oxygens (including phenoxy) is 1. The number of halogens is 1. The molecule has 0 heterocycles. The van der Waals surface area contributed by atoms with Gasteiger partial charge in [-0.2, -0.15) is 0 Å². The standard InChI is InChI=1S/C18H19FN2O3/c1-2-24-18(23)15-8-3-4-9-16(15)20-11-10-17(22)21-14-7-5-6-13(19)12-14/h3-9,12,20H,2,10-11H2,1H3,(H,21,22). The fourth-order valence-electron chi connectivity index (χ4n) is 2.12. The molecule has 2 N–H and O–H groups in total. The van der Waals surface area contributed by atoms with Gasteiger partial charge in [-0.3, -0.25) is 4.79 Å². The largest absolute Gasteiger partial charge is 0.462 e. The number of hydrogen-bond acceptors (Lipinski definition) is 4. The lowest BCUT2D eigenvalue weighted by Gasteiger charge is -2.11.